The van der Waals surface area contributed by atoms with Crippen molar-refractivity contribution in [3.05, 3.63) is 83.9 Å². The van der Waals surface area contributed by atoms with E-state index in [1.165, 1.54) is 11.1 Å². The number of amides is 2. The monoisotopic (exact) mass is 456 g/mol. The van der Waals surface area contributed by atoms with Crippen molar-refractivity contribution in [2.45, 2.75) is 38.5 Å². The molecule has 2 aromatic rings. The largest absolute Gasteiger partial charge is 0.342 e. The Bertz CT molecular complexity index is 921. The predicted octanol–water partition coefficient (Wildman–Crippen LogP) is 4.75. The van der Waals surface area contributed by atoms with E-state index in [2.05, 4.69) is 67.2 Å². The molecule has 2 atom stereocenters. The Kier molecular flexibility index (Phi) is 6.85. The number of carbonyl (C=O) groups excluding carboxylic acids is 2. The van der Waals surface area contributed by atoms with E-state index in [0.29, 0.717) is 11.8 Å². The van der Waals surface area contributed by atoms with Gasteiger partial charge in [-0.1, -0.05) is 72.8 Å². The SMILES string of the molecule is C=C1C(C(=O)N2CCC(Cc3ccccc3)CC2)[C@@H]1C(=O)N1CCC(Cc2ccccc2)CC1. The average Bonchev–Trinajstić information content (AvgIpc) is 3.56. The first-order chi connectivity index (χ1) is 16.6. The molecule has 2 aliphatic heterocycles. The van der Waals surface area contributed by atoms with Crippen LogP contribution in [0.4, 0.5) is 0 Å². The second-order valence-corrected chi connectivity index (χ2v) is 10.4. The van der Waals surface area contributed by atoms with Gasteiger partial charge in [0.25, 0.3) is 0 Å². The second kappa shape index (κ2) is 10.2. The van der Waals surface area contributed by atoms with Gasteiger partial charge in [-0.15, -0.1) is 0 Å². The van der Waals surface area contributed by atoms with Gasteiger partial charge in [0.15, 0.2) is 0 Å². The molecule has 3 aliphatic rings. The number of carbonyl (C=O) groups is 2. The third-order valence-corrected chi connectivity index (χ3v) is 8.14. The molecule has 5 rings (SSSR count). The van der Waals surface area contributed by atoms with Gasteiger partial charge in [0.05, 0.1) is 11.8 Å². The molecule has 4 nitrogen and oxygen atoms in total. The molecular formula is C30H36N2O2. The van der Waals surface area contributed by atoms with Crippen LogP contribution < -0.4 is 0 Å². The summed E-state index contributed by atoms with van der Waals surface area (Å²) in [6.07, 6.45) is 6.31. The van der Waals surface area contributed by atoms with Gasteiger partial charge in [-0.05, 0) is 61.5 Å². The summed E-state index contributed by atoms with van der Waals surface area (Å²) in [7, 11) is 0. The summed E-state index contributed by atoms with van der Waals surface area (Å²) in [5, 5.41) is 0. The van der Waals surface area contributed by atoms with Crippen LogP contribution in [0.1, 0.15) is 36.8 Å². The van der Waals surface area contributed by atoms with Crippen LogP contribution in [-0.2, 0) is 22.4 Å². The summed E-state index contributed by atoms with van der Waals surface area (Å²) < 4.78 is 0. The Hall–Kier alpha value is -2.88. The maximum Gasteiger partial charge on any atom is 0.230 e. The van der Waals surface area contributed by atoms with Crippen molar-refractivity contribution < 1.29 is 9.59 Å². The Morgan fingerprint density at radius 1 is 0.647 bits per heavy atom. The summed E-state index contributed by atoms with van der Waals surface area (Å²) in [6, 6.07) is 21.2. The summed E-state index contributed by atoms with van der Waals surface area (Å²) >= 11 is 0. The second-order valence-electron chi connectivity index (χ2n) is 10.4. The molecule has 1 unspecified atom stereocenters. The molecule has 0 bridgehead atoms. The standard InChI is InChI=1S/C30H36N2O2/c1-22-27(29(33)31-16-12-25(13-17-31)20-23-8-4-2-5-9-23)28(22)30(34)32-18-14-26(15-19-32)21-24-10-6-3-7-11-24/h2-11,25-28H,1,12-21H2/t27-,28?/m1/s1. The van der Waals surface area contributed by atoms with Crippen LogP contribution >= 0.6 is 0 Å². The first kappa shape index (κ1) is 22.9. The third-order valence-electron chi connectivity index (χ3n) is 8.14. The Labute approximate surface area is 203 Å². The van der Waals surface area contributed by atoms with Gasteiger partial charge in [0, 0.05) is 26.2 Å². The fraction of sp³-hybridized carbons (Fsp3) is 0.467. The first-order valence-electron chi connectivity index (χ1n) is 12.9. The van der Waals surface area contributed by atoms with Gasteiger partial charge in [-0.3, -0.25) is 9.59 Å². The van der Waals surface area contributed by atoms with Gasteiger partial charge in [0.1, 0.15) is 0 Å². The molecule has 0 radical (unpaired) electrons. The molecule has 2 heterocycles. The predicted molar refractivity (Wildman–Crippen MR) is 135 cm³/mol. The fourth-order valence-electron chi connectivity index (χ4n) is 5.92. The van der Waals surface area contributed by atoms with E-state index in [9.17, 15) is 9.59 Å². The molecule has 2 amide bonds. The smallest absolute Gasteiger partial charge is 0.230 e. The summed E-state index contributed by atoms with van der Waals surface area (Å²) in [6.45, 7) is 7.30. The van der Waals surface area contributed by atoms with Crippen molar-refractivity contribution in [2.75, 3.05) is 26.2 Å². The molecule has 3 fully saturated rings. The highest BCUT2D eigenvalue weighted by atomic mass is 16.2. The van der Waals surface area contributed by atoms with Crippen LogP contribution in [0.3, 0.4) is 0 Å². The van der Waals surface area contributed by atoms with Crippen molar-refractivity contribution in [1.29, 1.82) is 0 Å². The highest BCUT2D eigenvalue weighted by Crippen LogP contribution is 2.47. The van der Waals surface area contributed by atoms with Crippen molar-refractivity contribution in [1.82, 2.24) is 9.80 Å². The molecule has 178 valence electrons. The van der Waals surface area contributed by atoms with Crippen LogP contribution in [0, 0.1) is 23.7 Å². The lowest BCUT2D eigenvalue weighted by molar-refractivity contribution is -0.139. The molecule has 1 aliphatic carbocycles. The van der Waals surface area contributed by atoms with Gasteiger partial charge < -0.3 is 9.80 Å². The number of piperidine rings is 2. The quantitative estimate of drug-likeness (QED) is 0.589. The lowest BCUT2D eigenvalue weighted by Gasteiger charge is -2.33. The van der Waals surface area contributed by atoms with Crippen molar-refractivity contribution in [3.8, 4) is 0 Å². The molecule has 2 aromatic carbocycles. The molecule has 2 saturated heterocycles. The maximum absolute atomic E-state index is 13.2. The average molecular weight is 457 g/mol. The van der Waals surface area contributed by atoms with Crippen LogP contribution in [-0.4, -0.2) is 47.8 Å². The molecular weight excluding hydrogens is 420 g/mol. The summed E-state index contributed by atoms with van der Waals surface area (Å²) in [4.78, 5) is 30.3. The van der Waals surface area contributed by atoms with Gasteiger partial charge in [0.2, 0.25) is 11.8 Å². The molecule has 4 heteroatoms. The zero-order valence-corrected chi connectivity index (χ0v) is 20.1. The molecule has 0 N–H and O–H groups in total. The van der Waals surface area contributed by atoms with Crippen molar-refractivity contribution in [3.63, 3.8) is 0 Å². The van der Waals surface area contributed by atoms with Gasteiger partial charge >= 0.3 is 0 Å². The summed E-state index contributed by atoms with van der Waals surface area (Å²) in [5.74, 6) is 0.924. The Balaban J connectivity index is 1.08. The van der Waals surface area contributed by atoms with E-state index >= 15 is 0 Å². The van der Waals surface area contributed by atoms with Crippen LogP contribution in [0.5, 0.6) is 0 Å². The minimum atomic E-state index is -0.291. The highest BCUT2D eigenvalue weighted by molar-refractivity contribution is 5.99. The van der Waals surface area contributed by atoms with Crippen LogP contribution in [0.15, 0.2) is 72.8 Å². The van der Waals surface area contributed by atoms with Crippen LogP contribution in [0.25, 0.3) is 0 Å². The Morgan fingerprint density at radius 2 is 1.00 bits per heavy atom. The maximum atomic E-state index is 13.2. The number of likely N-dealkylation sites (tertiary alicyclic amines) is 2. The number of rotatable bonds is 6. The number of hydrogen-bond acceptors (Lipinski definition) is 2. The minimum absolute atomic E-state index is 0.125. The highest BCUT2D eigenvalue weighted by Gasteiger charge is 2.55. The van der Waals surface area contributed by atoms with E-state index in [0.717, 1.165) is 70.3 Å². The molecule has 34 heavy (non-hydrogen) atoms. The normalized spacial score (nSPS) is 23.7. The van der Waals surface area contributed by atoms with Crippen molar-refractivity contribution in [2.24, 2.45) is 23.7 Å². The number of hydrogen-bond donors (Lipinski definition) is 0. The first-order valence-corrected chi connectivity index (χ1v) is 12.9. The van der Waals surface area contributed by atoms with E-state index in [-0.39, 0.29) is 23.7 Å². The Morgan fingerprint density at radius 3 is 1.35 bits per heavy atom. The summed E-state index contributed by atoms with van der Waals surface area (Å²) in [5.41, 5.74) is 3.58. The fourth-order valence-corrected chi connectivity index (χ4v) is 5.92. The van der Waals surface area contributed by atoms with Crippen molar-refractivity contribution >= 4 is 11.8 Å². The molecule has 0 aromatic heterocycles. The number of nitrogens with zero attached hydrogens (tertiary/aromatic N) is 2. The van der Waals surface area contributed by atoms with E-state index < -0.39 is 0 Å². The van der Waals surface area contributed by atoms with Crippen LogP contribution in [0.2, 0.25) is 0 Å². The van der Waals surface area contributed by atoms with Gasteiger partial charge in [-0.25, -0.2) is 0 Å². The van der Waals surface area contributed by atoms with Gasteiger partial charge in [-0.2, -0.15) is 0 Å². The zero-order chi connectivity index (χ0) is 23.5. The van der Waals surface area contributed by atoms with E-state index in [4.69, 9.17) is 0 Å². The lowest BCUT2D eigenvalue weighted by Crippen LogP contribution is -2.42. The van der Waals surface area contributed by atoms with E-state index in [1.54, 1.807) is 0 Å². The topological polar surface area (TPSA) is 40.6 Å². The molecule has 0 spiro atoms. The lowest BCUT2D eigenvalue weighted by atomic mass is 9.90. The zero-order valence-electron chi connectivity index (χ0n) is 20.1. The van der Waals surface area contributed by atoms with E-state index in [1.807, 2.05) is 9.80 Å². The number of benzene rings is 2. The third kappa shape index (κ3) is 5.11. The molecule has 1 saturated carbocycles. The minimum Gasteiger partial charge on any atom is -0.342 e.